The SMILES string of the molecule is CCOC(=O)CCc1ccc(O)cc1OCc1ccc(CC)cc1. The van der Waals surface area contributed by atoms with Gasteiger partial charge >= 0.3 is 5.97 Å². The van der Waals surface area contributed by atoms with Gasteiger partial charge in [-0.15, -0.1) is 0 Å². The molecular weight excluding hydrogens is 304 g/mol. The molecule has 0 saturated carbocycles. The van der Waals surface area contributed by atoms with Gasteiger partial charge < -0.3 is 14.6 Å². The Hall–Kier alpha value is -2.49. The molecule has 0 aromatic heterocycles. The van der Waals surface area contributed by atoms with Crippen LogP contribution in [0.2, 0.25) is 0 Å². The second kappa shape index (κ2) is 8.96. The van der Waals surface area contributed by atoms with Crippen molar-refractivity contribution in [2.24, 2.45) is 0 Å². The third-order valence-electron chi connectivity index (χ3n) is 3.78. The number of aryl methyl sites for hydroxylation is 2. The van der Waals surface area contributed by atoms with Crippen LogP contribution in [0.3, 0.4) is 0 Å². The van der Waals surface area contributed by atoms with Gasteiger partial charge in [-0.05, 0) is 42.5 Å². The summed E-state index contributed by atoms with van der Waals surface area (Å²) in [7, 11) is 0. The van der Waals surface area contributed by atoms with Crippen LogP contribution in [0.15, 0.2) is 42.5 Å². The van der Waals surface area contributed by atoms with E-state index in [0.29, 0.717) is 31.8 Å². The quantitative estimate of drug-likeness (QED) is 0.743. The third-order valence-corrected chi connectivity index (χ3v) is 3.78. The van der Waals surface area contributed by atoms with Gasteiger partial charge in [0.25, 0.3) is 0 Å². The number of phenols is 1. The number of benzene rings is 2. The fourth-order valence-corrected chi connectivity index (χ4v) is 2.39. The van der Waals surface area contributed by atoms with Gasteiger partial charge in [-0.2, -0.15) is 0 Å². The summed E-state index contributed by atoms with van der Waals surface area (Å²) < 4.78 is 10.8. The van der Waals surface area contributed by atoms with Gasteiger partial charge in [-0.25, -0.2) is 0 Å². The molecule has 0 unspecified atom stereocenters. The highest BCUT2D eigenvalue weighted by molar-refractivity contribution is 5.69. The van der Waals surface area contributed by atoms with Crippen molar-refractivity contribution in [1.29, 1.82) is 0 Å². The van der Waals surface area contributed by atoms with Crippen LogP contribution < -0.4 is 4.74 Å². The molecule has 0 saturated heterocycles. The first-order valence-electron chi connectivity index (χ1n) is 8.30. The van der Waals surface area contributed by atoms with E-state index in [-0.39, 0.29) is 11.7 Å². The van der Waals surface area contributed by atoms with E-state index in [1.807, 2.05) is 12.1 Å². The van der Waals surface area contributed by atoms with Crippen LogP contribution in [0.25, 0.3) is 0 Å². The zero-order valence-electron chi connectivity index (χ0n) is 14.2. The summed E-state index contributed by atoms with van der Waals surface area (Å²) in [5.74, 6) is 0.511. The maximum atomic E-state index is 11.5. The lowest BCUT2D eigenvalue weighted by molar-refractivity contribution is -0.143. The summed E-state index contributed by atoms with van der Waals surface area (Å²) in [4.78, 5) is 11.5. The average Bonchev–Trinajstić information content (AvgIpc) is 2.60. The van der Waals surface area contributed by atoms with Crippen molar-refractivity contribution in [3.8, 4) is 11.5 Å². The molecule has 2 aromatic rings. The molecule has 0 amide bonds. The Morgan fingerprint density at radius 1 is 1.04 bits per heavy atom. The summed E-state index contributed by atoms with van der Waals surface area (Å²) in [6, 6.07) is 13.2. The summed E-state index contributed by atoms with van der Waals surface area (Å²) in [5, 5.41) is 9.69. The van der Waals surface area contributed by atoms with Crippen LogP contribution in [0.4, 0.5) is 0 Å². The summed E-state index contributed by atoms with van der Waals surface area (Å²) in [6.45, 7) is 4.70. The minimum atomic E-state index is -0.230. The van der Waals surface area contributed by atoms with Crippen molar-refractivity contribution in [2.75, 3.05) is 6.61 Å². The van der Waals surface area contributed by atoms with Crippen molar-refractivity contribution in [3.63, 3.8) is 0 Å². The Morgan fingerprint density at radius 2 is 1.75 bits per heavy atom. The van der Waals surface area contributed by atoms with Crippen molar-refractivity contribution in [1.82, 2.24) is 0 Å². The van der Waals surface area contributed by atoms with Crippen molar-refractivity contribution in [3.05, 3.63) is 59.2 Å². The molecule has 4 heteroatoms. The van der Waals surface area contributed by atoms with Gasteiger partial charge in [0.2, 0.25) is 0 Å². The van der Waals surface area contributed by atoms with E-state index < -0.39 is 0 Å². The first-order chi connectivity index (χ1) is 11.6. The van der Waals surface area contributed by atoms with Crippen molar-refractivity contribution < 1.29 is 19.4 Å². The summed E-state index contributed by atoms with van der Waals surface area (Å²) in [5.41, 5.74) is 3.23. The van der Waals surface area contributed by atoms with Gasteiger partial charge in [0, 0.05) is 12.5 Å². The minimum Gasteiger partial charge on any atom is -0.508 e. The van der Waals surface area contributed by atoms with Gasteiger partial charge in [0.1, 0.15) is 18.1 Å². The first-order valence-corrected chi connectivity index (χ1v) is 8.30. The highest BCUT2D eigenvalue weighted by Crippen LogP contribution is 2.26. The second-order valence-electron chi connectivity index (χ2n) is 5.56. The Balaban J connectivity index is 2.02. The number of hydrogen-bond donors (Lipinski definition) is 1. The molecule has 0 aliphatic carbocycles. The smallest absolute Gasteiger partial charge is 0.306 e. The predicted octanol–water partition coefficient (Wildman–Crippen LogP) is 4.03. The molecule has 0 heterocycles. The van der Waals surface area contributed by atoms with Crippen LogP contribution in [-0.2, 0) is 29.0 Å². The lowest BCUT2D eigenvalue weighted by Gasteiger charge is -2.12. The maximum absolute atomic E-state index is 11.5. The van der Waals surface area contributed by atoms with E-state index in [1.54, 1.807) is 25.1 Å². The Kier molecular flexibility index (Phi) is 6.67. The monoisotopic (exact) mass is 328 g/mol. The van der Waals surface area contributed by atoms with Crippen molar-refractivity contribution in [2.45, 2.75) is 39.7 Å². The lowest BCUT2D eigenvalue weighted by atomic mass is 10.1. The molecule has 2 aromatic carbocycles. The molecule has 0 aliphatic heterocycles. The largest absolute Gasteiger partial charge is 0.508 e. The number of hydrogen-bond acceptors (Lipinski definition) is 4. The fraction of sp³-hybridized carbons (Fsp3) is 0.350. The molecule has 4 nitrogen and oxygen atoms in total. The average molecular weight is 328 g/mol. The zero-order valence-corrected chi connectivity index (χ0v) is 14.2. The summed E-state index contributed by atoms with van der Waals surface area (Å²) >= 11 is 0. The van der Waals surface area contributed by atoms with Crippen LogP contribution in [0.5, 0.6) is 11.5 Å². The molecule has 0 spiro atoms. The second-order valence-corrected chi connectivity index (χ2v) is 5.56. The van der Waals surface area contributed by atoms with E-state index in [4.69, 9.17) is 9.47 Å². The van der Waals surface area contributed by atoms with E-state index in [0.717, 1.165) is 17.5 Å². The Bertz CT molecular complexity index is 662. The van der Waals surface area contributed by atoms with Crippen LogP contribution in [0.1, 0.15) is 37.0 Å². The van der Waals surface area contributed by atoms with Crippen LogP contribution in [-0.4, -0.2) is 17.7 Å². The number of rotatable bonds is 8. The van der Waals surface area contributed by atoms with E-state index in [2.05, 4.69) is 19.1 Å². The van der Waals surface area contributed by atoms with E-state index in [1.165, 1.54) is 5.56 Å². The molecule has 1 N–H and O–H groups in total. The fourth-order valence-electron chi connectivity index (χ4n) is 2.39. The number of carbonyl (C=O) groups excluding carboxylic acids is 1. The lowest BCUT2D eigenvalue weighted by Crippen LogP contribution is -2.06. The standard InChI is InChI=1S/C20H24O4/c1-3-15-5-7-16(8-6-15)14-24-19-13-18(21)11-9-17(19)10-12-20(22)23-4-2/h5-9,11,13,21H,3-4,10,12,14H2,1-2H3. The zero-order chi connectivity index (χ0) is 17.4. The Labute approximate surface area is 143 Å². The van der Waals surface area contributed by atoms with Crippen molar-refractivity contribution >= 4 is 5.97 Å². The van der Waals surface area contributed by atoms with Crippen LogP contribution >= 0.6 is 0 Å². The van der Waals surface area contributed by atoms with Gasteiger partial charge in [0.15, 0.2) is 0 Å². The van der Waals surface area contributed by atoms with Gasteiger partial charge in [-0.3, -0.25) is 4.79 Å². The summed E-state index contributed by atoms with van der Waals surface area (Å²) in [6.07, 6.45) is 1.81. The number of carbonyl (C=O) groups is 1. The van der Waals surface area contributed by atoms with E-state index in [9.17, 15) is 9.90 Å². The third kappa shape index (κ3) is 5.30. The molecule has 24 heavy (non-hydrogen) atoms. The predicted molar refractivity (Wildman–Crippen MR) is 93.2 cm³/mol. The van der Waals surface area contributed by atoms with Gasteiger partial charge in [-0.1, -0.05) is 37.3 Å². The number of aromatic hydroxyl groups is 1. The molecule has 0 bridgehead atoms. The van der Waals surface area contributed by atoms with E-state index >= 15 is 0 Å². The Morgan fingerprint density at radius 3 is 2.42 bits per heavy atom. The molecule has 0 aliphatic rings. The normalized spacial score (nSPS) is 10.4. The minimum absolute atomic E-state index is 0.145. The highest BCUT2D eigenvalue weighted by atomic mass is 16.5. The molecule has 0 atom stereocenters. The first kappa shape index (κ1) is 17.9. The van der Waals surface area contributed by atoms with Crippen LogP contribution in [0, 0.1) is 0 Å². The number of phenolic OH excluding ortho intramolecular Hbond substituents is 1. The highest BCUT2D eigenvalue weighted by Gasteiger charge is 2.09. The molecule has 2 rings (SSSR count). The molecule has 0 radical (unpaired) electrons. The number of ether oxygens (including phenoxy) is 2. The molecule has 128 valence electrons. The maximum Gasteiger partial charge on any atom is 0.306 e. The topological polar surface area (TPSA) is 55.8 Å². The number of esters is 1. The molecular formula is C20H24O4. The molecule has 0 fully saturated rings. The van der Waals surface area contributed by atoms with Gasteiger partial charge in [0.05, 0.1) is 6.61 Å².